The Bertz CT molecular complexity index is 611. The first-order valence-electron chi connectivity index (χ1n) is 5.88. The van der Waals surface area contributed by atoms with E-state index in [1.807, 2.05) is 0 Å². The van der Waals surface area contributed by atoms with Crippen molar-refractivity contribution in [1.29, 1.82) is 0 Å². The Hall–Kier alpha value is -1.96. The summed E-state index contributed by atoms with van der Waals surface area (Å²) < 4.78 is 1.80. The first-order valence-corrected chi connectivity index (χ1v) is 6.87. The Morgan fingerprint density at radius 1 is 1.42 bits per heavy atom. The van der Waals surface area contributed by atoms with Crippen LogP contribution < -0.4 is 0 Å². The van der Waals surface area contributed by atoms with E-state index in [-0.39, 0.29) is 10.6 Å². The van der Waals surface area contributed by atoms with E-state index in [0.717, 1.165) is 18.0 Å². The SMILES string of the molecule is O=[N+]([O-])c1ccccc1CSc1nnnn1C1CC1. The van der Waals surface area contributed by atoms with Crippen molar-refractivity contribution >= 4 is 17.4 Å². The highest BCUT2D eigenvalue weighted by Gasteiger charge is 2.28. The molecule has 0 spiro atoms. The fraction of sp³-hybridized carbons (Fsp3) is 0.364. The average Bonchev–Trinajstić information content (AvgIpc) is 3.15. The van der Waals surface area contributed by atoms with Crippen molar-refractivity contribution in [2.24, 2.45) is 0 Å². The van der Waals surface area contributed by atoms with Crippen LogP contribution in [-0.2, 0) is 5.75 Å². The van der Waals surface area contributed by atoms with E-state index in [2.05, 4.69) is 15.5 Å². The third-order valence-corrected chi connectivity index (χ3v) is 3.88. The van der Waals surface area contributed by atoms with Crippen molar-refractivity contribution in [2.75, 3.05) is 0 Å². The third-order valence-electron chi connectivity index (χ3n) is 2.90. The minimum Gasteiger partial charge on any atom is -0.258 e. The summed E-state index contributed by atoms with van der Waals surface area (Å²) in [5.74, 6) is 0.490. The van der Waals surface area contributed by atoms with Crippen molar-refractivity contribution in [3.63, 3.8) is 0 Å². The third kappa shape index (κ3) is 2.58. The molecule has 0 aliphatic heterocycles. The van der Waals surface area contributed by atoms with Gasteiger partial charge in [-0.3, -0.25) is 10.1 Å². The molecule has 1 aliphatic carbocycles. The molecule has 1 heterocycles. The van der Waals surface area contributed by atoms with Crippen LogP contribution in [0.25, 0.3) is 0 Å². The lowest BCUT2D eigenvalue weighted by Crippen LogP contribution is -1.99. The number of nitro groups is 1. The molecule has 98 valence electrons. The number of benzene rings is 1. The van der Waals surface area contributed by atoms with Gasteiger partial charge < -0.3 is 0 Å². The van der Waals surface area contributed by atoms with Crippen LogP contribution in [0.3, 0.4) is 0 Å². The number of thioether (sulfide) groups is 1. The molecule has 1 aromatic carbocycles. The molecule has 19 heavy (non-hydrogen) atoms. The summed E-state index contributed by atoms with van der Waals surface area (Å²) in [5.41, 5.74) is 0.822. The maximum atomic E-state index is 10.9. The number of rotatable bonds is 5. The van der Waals surface area contributed by atoms with Crippen LogP contribution in [0.5, 0.6) is 0 Å². The van der Waals surface area contributed by atoms with E-state index < -0.39 is 0 Å². The molecule has 0 unspecified atom stereocenters. The zero-order chi connectivity index (χ0) is 13.2. The number of nitro benzene ring substituents is 1. The highest BCUT2D eigenvalue weighted by molar-refractivity contribution is 7.98. The van der Waals surface area contributed by atoms with E-state index in [4.69, 9.17) is 0 Å². The highest BCUT2D eigenvalue weighted by atomic mass is 32.2. The lowest BCUT2D eigenvalue weighted by Gasteiger charge is -2.03. The number of aromatic nitrogens is 4. The van der Waals surface area contributed by atoms with Gasteiger partial charge in [0.2, 0.25) is 5.16 Å². The number of nitrogens with zero attached hydrogens (tertiary/aromatic N) is 5. The van der Waals surface area contributed by atoms with Crippen LogP contribution in [0.4, 0.5) is 5.69 Å². The minimum atomic E-state index is -0.361. The molecule has 1 aromatic heterocycles. The maximum Gasteiger partial charge on any atom is 0.273 e. The molecule has 0 saturated heterocycles. The van der Waals surface area contributed by atoms with E-state index in [9.17, 15) is 10.1 Å². The summed E-state index contributed by atoms with van der Waals surface area (Å²) >= 11 is 1.43. The fourth-order valence-corrected chi connectivity index (χ4v) is 2.72. The Kier molecular flexibility index (Phi) is 3.16. The summed E-state index contributed by atoms with van der Waals surface area (Å²) in [6.45, 7) is 0. The van der Waals surface area contributed by atoms with Crippen LogP contribution in [0.1, 0.15) is 24.4 Å². The quantitative estimate of drug-likeness (QED) is 0.473. The molecule has 0 bridgehead atoms. The Morgan fingerprint density at radius 2 is 2.21 bits per heavy atom. The Morgan fingerprint density at radius 3 is 2.95 bits per heavy atom. The van der Waals surface area contributed by atoms with Gasteiger partial charge in [0.25, 0.3) is 5.69 Å². The molecule has 1 aliphatic rings. The molecule has 1 fully saturated rings. The molecule has 2 aromatic rings. The number of para-hydroxylation sites is 1. The summed E-state index contributed by atoms with van der Waals surface area (Å²) in [5, 5.41) is 23.2. The topological polar surface area (TPSA) is 86.7 Å². The predicted molar refractivity (Wildman–Crippen MR) is 68.7 cm³/mol. The van der Waals surface area contributed by atoms with Gasteiger partial charge in [-0.05, 0) is 23.3 Å². The molecule has 7 nitrogen and oxygen atoms in total. The average molecular weight is 277 g/mol. The van der Waals surface area contributed by atoms with E-state index in [0.29, 0.717) is 17.4 Å². The van der Waals surface area contributed by atoms with Gasteiger partial charge in [-0.25, -0.2) is 4.68 Å². The fourth-order valence-electron chi connectivity index (χ4n) is 1.78. The molecule has 1 saturated carbocycles. The lowest BCUT2D eigenvalue weighted by molar-refractivity contribution is -0.385. The van der Waals surface area contributed by atoms with Crippen molar-refractivity contribution in [3.05, 3.63) is 39.9 Å². The Labute approximate surface area is 113 Å². The summed E-state index contributed by atoms with van der Waals surface area (Å²) in [6.07, 6.45) is 2.20. The second-order valence-corrected chi connectivity index (χ2v) is 5.25. The molecule has 3 rings (SSSR count). The van der Waals surface area contributed by atoms with Gasteiger partial charge >= 0.3 is 0 Å². The van der Waals surface area contributed by atoms with Gasteiger partial charge in [0, 0.05) is 17.4 Å². The summed E-state index contributed by atoms with van der Waals surface area (Å²) in [4.78, 5) is 10.6. The molecule has 8 heteroatoms. The second-order valence-electron chi connectivity index (χ2n) is 4.31. The maximum absolute atomic E-state index is 10.9. The largest absolute Gasteiger partial charge is 0.273 e. The minimum absolute atomic E-state index is 0.139. The monoisotopic (exact) mass is 277 g/mol. The normalized spacial score (nSPS) is 14.5. The lowest BCUT2D eigenvalue weighted by atomic mass is 10.2. The van der Waals surface area contributed by atoms with Gasteiger partial charge in [0.1, 0.15) is 0 Å². The van der Waals surface area contributed by atoms with Crippen molar-refractivity contribution in [2.45, 2.75) is 29.8 Å². The summed E-state index contributed by atoms with van der Waals surface area (Å²) in [7, 11) is 0. The molecule has 0 atom stereocenters. The van der Waals surface area contributed by atoms with Crippen molar-refractivity contribution in [3.8, 4) is 0 Å². The zero-order valence-corrected chi connectivity index (χ0v) is 10.8. The van der Waals surface area contributed by atoms with Crippen molar-refractivity contribution < 1.29 is 4.92 Å². The van der Waals surface area contributed by atoms with Crippen LogP contribution in [0, 0.1) is 10.1 Å². The van der Waals surface area contributed by atoms with E-state index in [1.54, 1.807) is 22.9 Å². The van der Waals surface area contributed by atoms with Gasteiger partial charge in [0.15, 0.2) is 0 Å². The van der Waals surface area contributed by atoms with E-state index in [1.165, 1.54) is 17.8 Å². The first-order chi connectivity index (χ1) is 9.25. The molecule has 0 amide bonds. The standard InChI is InChI=1S/C11H11N5O2S/c17-16(18)10-4-2-1-3-8(10)7-19-11-12-13-14-15(11)9-5-6-9/h1-4,9H,5-7H2. The van der Waals surface area contributed by atoms with Crippen molar-refractivity contribution in [1.82, 2.24) is 20.2 Å². The number of tetrazole rings is 1. The molecular formula is C11H11N5O2S. The van der Waals surface area contributed by atoms with Gasteiger partial charge in [-0.1, -0.05) is 30.0 Å². The smallest absolute Gasteiger partial charge is 0.258 e. The Balaban J connectivity index is 1.75. The van der Waals surface area contributed by atoms with Gasteiger partial charge in [0.05, 0.1) is 11.0 Å². The molecular weight excluding hydrogens is 266 g/mol. The predicted octanol–water partition coefficient (Wildman–Crippen LogP) is 2.21. The molecule has 0 radical (unpaired) electrons. The van der Waals surface area contributed by atoms with Crippen LogP contribution >= 0.6 is 11.8 Å². The van der Waals surface area contributed by atoms with Crippen LogP contribution in [0.2, 0.25) is 0 Å². The van der Waals surface area contributed by atoms with E-state index >= 15 is 0 Å². The number of hydrogen-bond acceptors (Lipinski definition) is 6. The van der Waals surface area contributed by atoms with Crippen LogP contribution in [0.15, 0.2) is 29.4 Å². The van der Waals surface area contributed by atoms with Gasteiger partial charge in [-0.2, -0.15) is 0 Å². The summed E-state index contributed by atoms with van der Waals surface area (Å²) in [6, 6.07) is 7.15. The highest BCUT2D eigenvalue weighted by Crippen LogP contribution is 2.37. The van der Waals surface area contributed by atoms with Crippen LogP contribution in [-0.4, -0.2) is 25.1 Å². The first kappa shape index (κ1) is 12.1. The second kappa shape index (κ2) is 4.96. The zero-order valence-electron chi connectivity index (χ0n) is 9.97. The molecule has 0 N–H and O–H groups in total. The van der Waals surface area contributed by atoms with Gasteiger partial charge in [-0.15, -0.1) is 5.10 Å². The number of hydrogen-bond donors (Lipinski definition) is 0.